The molecule has 1 aliphatic rings. The second-order valence-electron chi connectivity index (χ2n) is 5.94. The fourth-order valence-corrected chi connectivity index (χ4v) is 3.16. The van der Waals surface area contributed by atoms with Crippen LogP contribution in [0.2, 0.25) is 0 Å². The predicted octanol–water partition coefficient (Wildman–Crippen LogP) is 2.97. The topological polar surface area (TPSA) is 42.1 Å². The summed E-state index contributed by atoms with van der Waals surface area (Å²) in [7, 11) is 2.19. The number of nitrogens with zero attached hydrogens (tertiary/aromatic N) is 2. The predicted molar refractivity (Wildman–Crippen MR) is 83.5 cm³/mol. The summed E-state index contributed by atoms with van der Waals surface area (Å²) in [6, 6.07) is 8.70. The van der Waals surface area contributed by atoms with Crippen molar-refractivity contribution in [3.05, 3.63) is 42.2 Å². The molecule has 3 rings (SSSR count). The van der Waals surface area contributed by atoms with E-state index in [2.05, 4.69) is 41.2 Å². The number of benzene rings is 1. The molecule has 0 radical (unpaired) electrons. The highest BCUT2D eigenvalue weighted by Crippen LogP contribution is 2.31. The number of aromatic nitrogens is 1. The van der Waals surface area contributed by atoms with Crippen molar-refractivity contribution >= 4 is 10.8 Å². The average Bonchev–Trinajstić information content (AvgIpc) is 2.44. The minimum Gasteiger partial charge on any atom is -0.329 e. The van der Waals surface area contributed by atoms with Crippen LogP contribution in [-0.4, -0.2) is 30.0 Å². The monoisotopic (exact) mass is 269 g/mol. The van der Waals surface area contributed by atoms with E-state index in [-0.39, 0.29) is 6.04 Å². The molecule has 1 aromatic carbocycles. The Morgan fingerprint density at radius 2 is 2.10 bits per heavy atom. The van der Waals surface area contributed by atoms with E-state index >= 15 is 0 Å². The summed E-state index contributed by atoms with van der Waals surface area (Å²) in [6.45, 7) is 1.78. The van der Waals surface area contributed by atoms with Gasteiger partial charge in [0.2, 0.25) is 0 Å². The summed E-state index contributed by atoms with van der Waals surface area (Å²) in [5.41, 5.74) is 7.32. The van der Waals surface area contributed by atoms with Crippen LogP contribution in [0, 0.1) is 5.92 Å². The second kappa shape index (κ2) is 5.90. The van der Waals surface area contributed by atoms with E-state index in [1.807, 2.05) is 12.4 Å². The molecule has 0 amide bonds. The van der Waals surface area contributed by atoms with Crippen molar-refractivity contribution in [3.8, 4) is 0 Å². The van der Waals surface area contributed by atoms with Gasteiger partial charge in [-0.05, 0) is 36.8 Å². The van der Waals surface area contributed by atoms with Crippen LogP contribution in [0.3, 0.4) is 0 Å². The molecule has 0 spiro atoms. The van der Waals surface area contributed by atoms with Crippen molar-refractivity contribution in [3.63, 3.8) is 0 Å². The van der Waals surface area contributed by atoms with E-state index in [1.165, 1.54) is 35.6 Å². The highest BCUT2D eigenvalue weighted by molar-refractivity contribution is 5.85. The third-order valence-electron chi connectivity index (χ3n) is 4.58. The molecular formula is C17H23N3. The average molecular weight is 269 g/mol. The van der Waals surface area contributed by atoms with Crippen molar-refractivity contribution in [1.82, 2.24) is 9.88 Å². The molecule has 0 bridgehead atoms. The van der Waals surface area contributed by atoms with Crippen LogP contribution >= 0.6 is 0 Å². The van der Waals surface area contributed by atoms with E-state index in [0.29, 0.717) is 6.54 Å². The number of pyridine rings is 1. The number of hydrogen-bond acceptors (Lipinski definition) is 3. The lowest BCUT2D eigenvalue weighted by molar-refractivity contribution is 0.165. The van der Waals surface area contributed by atoms with Crippen LogP contribution < -0.4 is 5.73 Å². The third-order valence-corrected chi connectivity index (χ3v) is 4.58. The molecule has 106 valence electrons. The van der Waals surface area contributed by atoms with Gasteiger partial charge in [0.1, 0.15) is 0 Å². The van der Waals surface area contributed by atoms with Crippen LogP contribution in [-0.2, 0) is 0 Å². The first-order valence-electron chi connectivity index (χ1n) is 7.52. The third kappa shape index (κ3) is 2.56. The maximum atomic E-state index is 6.06. The standard InChI is InChI=1S/C17H23N3/c1-20(12-13-5-4-6-13)17(9-18)16-11-19-10-14-7-2-3-8-15(14)16/h2-3,7-8,10-11,13,17H,4-6,9,12,18H2,1H3. The van der Waals surface area contributed by atoms with Gasteiger partial charge in [-0.3, -0.25) is 9.88 Å². The van der Waals surface area contributed by atoms with Crippen molar-refractivity contribution in [2.75, 3.05) is 20.1 Å². The van der Waals surface area contributed by atoms with Crippen LogP contribution in [0.1, 0.15) is 30.9 Å². The smallest absolute Gasteiger partial charge is 0.0488 e. The molecule has 2 N–H and O–H groups in total. The first-order valence-corrected chi connectivity index (χ1v) is 7.52. The molecule has 1 fully saturated rings. The van der Waals surface area contributed by atoms with Gasteiger partial charge in [0.05, 0.1) is 0 Å². The second-order valence-corrected chi connectivity index (χ2v) is 5.94. The van der Waals surface area contributed by atoms with Gasteiger partial charge < -0.3 is 5.73 Å². The molecule has 1 saturated carbocycles. The van der Waals surface area contributed by atoms with E-state index in [9.17, 15) is 0 Å². The van der Waals surface area contributed by atoms with Gasteiger partial charge in [-0.1, -0.05) is 30.7 Å². The molecule has 3 heteroatoms. The zero-order valence-electron chi connectivity index (χ0n) is 12.1. The lowest BCUT2D eigenvalue weighted by atomic mass is 9.84. The Morgan fingerprint density at radius 1 is 1.30 bits per heavy atom. The Morgan fingerprint density at radius 3 is 2.80 bits per heavy atom. The van der Waals surface area contributed by atoms with Crippen molar-refractivity contribution < 1.29 is 0 Å². The highest BCUT2D eigenvalue weighted by Gasteiger charge is 2.24. The summed E-state index contributed by atoms with van der Waals surface area (Å²) in [6.07, 6.45) is 8.04. The van der Waals surface area contributed by atoms with E-state index in [4.69, 9.17) is 5.73 Å². The Labute approximate surface area is 120 Å². The molecule has 0 aliphatic heterocycles. The molecule has 1 heterocycles. The molecule has 20 heavy (non-hydrogen) atoms. The lowest BCUT2D eigenvalue weighted by Gasteiger charge is -2.34. The highest BCUT2D eigenvalue weighted by atomic mass is 15.1. The van der Waals surface area contributed by atoms with Crippen LogP contribution in [0.5, 0.6) is 0 Å². The van der Waals surface area contributed by atoms with Crippen molar-refractivity contribution in [2.45, 2.75) is 25.3 Å². The Balaban J connectivity index is 1.89. The first kappa shape index (κ1) is 13.5. The molecule has 1 atom stereocenters. The summed E-state index contributed by atoms with van der Waals surface area (Å²) < 4.78 is 0. The fraction of sp³-hybridized carbons (Fsp3) is 0.471. The van der Waals surface area contributed by atoms with E-state index < -0.39 is 0 Å². The molecule has 2 aromatic rings. The van der Waals surface area contributed by atoms with Crippen molar-refractivity contribution in [1.29, 1.82) is 0 Å². The summed E-state index contributed by atoms with van der Waals surface area (Å²) in [5.74, 6) is 0.858. The fourth-order valence-electron chi connectivity index (χ4n) is 3.16. The summed E-state index contributed by atoms with van der Waals surface area (Å²) in [4.78, 5) is 6.81. The SMILES string of the molecule is CN(CC1CCC1)C(CN)c1cncc2ccccc12. The number of fused-ring (bicyclic) bond motifs is 1. The summed E-state index contributed by atoms with van der Waals surface area (Å²) >= 11 is 0. The van der Waals surface area contributed by atoms with Gasteiger partial charge in [0.15, 0.2) is 0 Å². The van der Waals surface area contributed by atoms with Gasteiger partial charge in [0, 0.05) is 36.9 Å². The van der Waals surface area contributed by atoms with Crippen LogP contribution in [0.15, 0.2) is 36.7 Å². The maximum Gasteiger partial charge on any atom is 0.0488 e. The van der Waals surface area contributed by atoms with E-state index in [0.717, 1.165) is 12.5 Å². The zero-order valence-corrected chi connectivity index (χ0v) is 12.1. The lowest BCUT2D eigenvalue weighted by Crippen LogP contribution is -2.36. The largest absolute Gasteiger partial charge is 0.329 e. The number of rotatable bonds is 5. The van der Waals surface area contributed by atoms with Crippen LogP contribution in [0.4, 0.5) is 0 Å². The first-order chi connectivity index (χ1) is 9.79. The van der Waals surface area contributed by atoms with Gasteiger partial charge in [-0.2, -0.15) is 0 Å². The Kier molecular flexibility index (Phi) is 3.99. The summed E-state index contributed by atoms with van der Waals surface area (Å²) in [5, 5.41) is 2.47. The maximum absolute atomic E-state index is 6.06. The molecular weight excluding hydrogens is 246 g/mol. The Bertz CT molecular complexity index is 572. The van der Waals surface area contributed by atoms with Gasteiger partial charge >= 0.3 is 0 Å². The van der Waals surface area contributed by atoms with Gasteiger partial charge in [-0.15, -0.1) is 0 Å². The van der Waals surface area contributed by atoms with Gasteiger partial charge in [0.25, 0.3) is 0 Å². The number of hydrogen-bond donors (Lipinski definition) is 1. The minimum absolute atomic E-state index is 0.259. The molecule has 3 nitrogen and oxygen atoms in total. The minimum atomic E-state index is 0.259. The molecule has 1 unspecified atom stereocenters. The Hall–Kier alpha value is -1.45. The number of likely N-dealkylation sites (N-methyl/N-ethyl adjacent to an activating group) is 1. The van der Waals surface area contributed by atoms with Gasteiger partial charge in [-0.25, -0.2) is 0 Å². The van der Waals surface area contributed by atoms with Crippen LogP contribution in [0.25, 0.3) is 10.8 Å². The molecule has 1 aliphatic carbocycles. The zero-order chi connectivity index (χ0) is 13.9. The quantitative estimate of drug-likeness (QED) is 0.907. The number of nitrogens with two attached hydrogens (primary N) is 1. The molecule has 0 saturated heterocycles. The van der Waals surface area contributed by atoms with Crippen molar-refractivity contribution in [2.24, 2.45) is 11.7 Å². The van der Waals surface area contributed by atoms with E-state index in [1.54, 1.807) is 0 Å². The normalized spacial score (nSPS) is 17.4. The molecule has 1 aromatic heterocycles.